The van der Waals surface area contributed by atoms with Crippen LogP contribution in [0, 0.1) is 0 Å². The molecular weight excluding hydrogens is 354 g/mol. The predicted molar refractivity (Wildman–Crippen MR) is 97.2 cm³/mol. The normalized spacial score (nSPS) is 10.4. The standard InChI is InChI=1S/C19H17NO5S/c1-23-15-6-3-5-13(18(15)24-2)19(22)20-11-12-8-9-16(26-12)17(21)14-7-4-10-25-14/h3-10H,11H2,1-2H3,(H,20,22). The molecule has 0 saturated heterocycles. The van der Waals surface area contributed by atoms with Gasteiger partial charge in [-0.3, -0.25) is 9.59 Å². The lowest BCUT2D eigenvalue weighted by Gasteiger charge is -2.12. The Hall–Kier alpha value is -3.06. The van der Waals surface area contributed by atoms with Crippen LogP contribution in [0.5, 0.6) is 11.5 Å². The molecule has 3 aromatic rings. The summed E-state index contributed by atoms with van der Waals surface area (Å²) >= 11 is 1.31. The Balaban J connectivity index is 1.68. The summed E-state index contributed by atoms with van der Waals surface area (Å²) in [7, 11) is 3.00. The van der Waals surface area contributed by atoms with Crippen LogP contribution in [-0.2, 0) is 6.54 Å². The quantitative estimate of drug-likeness (QED) is 0.643. The van der Waals surface area contributed by atoms with E-state index in [1.165, 1.54) is 31.8 Å². The number of hydrogen-bond acceptors (Lipinski definition) is 6. The molecular formula is C19H17NO5S. The summed E-state index contributed by atoms with van der Waals surface area (Å²) in [6.45, 7) is 0.301. The van der Waals surface area contributed by atoms with Crippen molar-refractivity contribution in [3.05, 3.63) is 69.8 Å². The van der Waals surface area contributed by atoms with Gasteiger partial charge in [0.1, 0.15) is 0 Å². The molecule has 6 nitrogen and oxygen atoms in total. The topological polar surface area (TPSA) is 77.8 Å². The van der Waals surface area contributed by atoms with Gasteiger partial charge in [0.25, 0.3) is 5.91 Å². The molecule has 0 fully saturated rings. The summed E-state index contributed by atoms with van der Waals surface area (Å²) in [5.41, 5.74) is 0.385. The molecule has 1 N–H and O–H groups in total. The minimum atomic E-state index is -0.284. The molecule has 0 unspecified atom stereocenters. The van der Waals surface area contributed by atoms with Gasteiger partial charge in [0.15, 0.2) is 17.3 Å². The van der Waals surface area contributed by atoms with Gasteiger partial charge in [-0.05, 0) is 36.4 Å². The zero-order chi connectivity index (χ0) is 18.5. The molecule has 3 rings (SSSR count). The third-order valence-corrected chi connectivity index (χ3v) is 4.79. The van der Waals surface area contributed by atoms with Gasteiger partial charge in [-0.25, -0.2) is 0 Å². The summed E-state index contributed by atoms with van der Waals surface area (Å²) in [6.07, 6.45) is 1.46. The highest BCUT2D eigenvalue weighted by Gasteiger charge is 2.17. The van der Waals surface area contributed by atoms with E-state index in [0.717, 1.165) is 4.88 Å². The molecule has 2 aromatic heterocycles. The van der Waals surface area contributed by atoms with Crippen LogP contribution >= 0.6 is 11.3 Å². The minimum absolute atomic E-state index is 0.174. The fraction of sp³-hybridized carbons (Fsp3) is 0.158. The van der Waals surface area contributed by atoms with Gasteiger partial charge in [0.2, 0.25) is 5.78 Å². The van der Waals surface area contributed by atoms with Gasteiger partial charge in [-0.2, -0.15) is 0 Å². The fourth-order valence-electron chi connectivity index (χ4n) is 2.45. The van der Waals surface area contributed by atoms with E-state index in [-0.39, 0.29) is 11.7 Å². The van der Waals surface area contributed by atoms with Crippen molar-refractivity contribution in [2.75, 3.05) is 14.2 Å². The van der Waals surface area contributed by atoms with Crippen LogP contribution in [-0.4, -0.2) is 25.9 Å². The molecule has 0 radical (unpaired) electrons. The summed E-state index contributed by atoms with van der Waals surface area (Å²) < 4.78 is 15.6. The number of amides is 1. The van der Waals surface area contributed by atoms with E-state index in [1.807, 2.05) is 6.07 Å². The maximum Gasteiger partial charge on any atom is 0.255 e. The number of methoxy groups -OCH3 is 2. The summed E-state index contributed by atoms with van der Waals surface area (Å²) in [4.78, 5) is 26.1. The summed E-state index contributed by atoms with van der Waals surface area (Å²) in [5, 5.41) is 2.83. The Morgan fingerprint density at radius 2 is 1.92 bits per heavy atom. The first-order valence-corrected chi connectivity index (χ1v) is 8.61. The predicted octanol–water partition coefficient (Wildman–Crippen LogP) is 3.52. The smallest absolute Gasteiger partial charge is 0.255 e. The molecule has 0 aliphatic heterocycles. The number of ketones is 1. The van der Waals surface area contributed by atoms with Crippen molar-refractivity contribution in [3.63, 3.8) is 0 Å². The van der Waals surface area contributed by atoms with Crippen LogP contribution in [0.2, 0.25) is 0 Å². The van der Waals surface area contributed by atoms with E-state index in [4.69, 9.17) is 13.9 Å². The summed E-state index contributed by atoms with van der Waals surface area (Å²) in [6, 6.07) is 11.9. The number of carbonyl (C=O) groups excluding carboxylic acids is 2. The molecule has 0 spiro atoms. The maximum atomic E-state index is 12.5. The molecule has 7 heteroatoms. The van der Waals surface area contributed by atoms with Gasteiger partial charge in [-0.1, -0.05) is 6.07 Å². The van der Waals surface area contributed by atoms with Crippen molar-refractivity contribution in [2.24, 2.45) is 0 Å². The van der Waals surface area contributed by atoms with E-state index in [9.17, 15) is 9.59 Å². The highest BCUT2D eigenvalue weighted by atomic mass is 32.1. The number of furan rings is 1. The van der Waals surface area contributed by atoms with Crippen molar-refractivity contribution >= 4 is 23.0 Å². The zero-order valence-electron chi connectivity index (χ0n) is 14.3. The lowest BCUT2D eigenvalue weighted by atomic mass is 10.1. The molecule has 0 atom stereocenters. The van der Waals surface area contributed by atoms with Crippen LogP contribution in [0.4, 0.5) is 0 Å². The molecule has 2 heterocycles. The van der Waals surface area contributed by atoms with Crippen LogP contribution in [0.1, 0.15) is 30.7 Å². The molecule has 0 saturated carbocycles. The molecule has 0 bridgehead atoms. The second-order valence-electron chi connectivity index (χ2n) is 5.30. The van der Waals surface area contributed by atoms with Crippen molar-refractivity contribution in [3.8, 4) is 11.5 Å². The number of rotatable bonds is 7. The van der Waals surface area contributed by atoms with Gasteiger partial charge in [-0.15, -0.1) is 11.3 Å². The largest absolute Gasteiger partial charge is 0.493 e. The number of nitrogens with one attached hydrogen (secondary N) is 1. The number of benzene rings is 1. The number of thiophene rings is 1. The Morgan fingerprint density at radius 3 is 2.62 bits per heavy atom. The first-order chi connectivity index (χ1) is 12.6. The molecule has 1 amide bonds. The Labute approximate surface area is 154 Å². The van der Waals surface area contributed by atoms with Crippen LogP contribution < -0.4 is 14.8 Å². The van der Waals surface area contributed by atoms with Gasteiger partial charge in [0, 0.05) is 4.88 Å². The number of ether oxygens (including phenoxy) is 2. The molecule has 134 valence electrons. The Kier molecular flexibility index (Phi) is 5.38. The minimum Gasteiger partial charge on any atom is -0.493 e. The van der Waals surface area contributed by atoms with E-state index >= 15 is 0 Å². The van der Waals surface area contributed by atoms with E-state index in [1.54, 1.807) is 36.4 Å². The lowest BCUT2D eigenvalue weighted by Crippen LogP contribution is -2.23. The maximum absolute atomic E-state index is 12.5. The molecule has 1 aromatic carbocycles. The van der Waals surface area contributed by atoms with E-state index < -0.39 is 0 Å². The first kappa shape index (κ1) is 17.8. The monoisotopic (exact) mass is 371 g/mol. The second kappa shape index (κ2) is 7.88. The van der Waals surface area contributed by atoms with Crippen molar-refractivity contribution in [1.29, 1.82) is 0 Å². The molecule has 0 aliphatic rings. The summed E-state index contributed by atoms with van der Waals surface area (Å²) in [5.74, 6) is 0.707. The van der Waals surface area contributed by atoms with Crippen molar-refractivity contribution in [2.45, 2.75) is 6.54 Å². The third-order valence-electron chi connectivity index (χ3n) is 3.70. The highest BCUT2D eigenvalue weighted by molar-refractivity contribution is 7.14. The average molecular weight is 371 g/mol. The van der Waals surface area contributed by atoms with Crippen molar-refractivity contribution in [1.82, 2.24) is 5.32 Å². The van der Waals surface area contributed by atoms with Gasteiger partial charge >= 0.3 is 0 Å². The average Bonchev–Trinajstić information content (AvgIpc) is 3.36. The number of para-hydroxylation sites is 1. The highest BCUT2D eigenvalue weighted by Crippen LogP contribution is 2.30. The number of hydrogen-bond donors (Lipinski definition) is 1. The third kappa shape index (κ3) is 3.62. The van der Waals surface area contributed by atoms with Crippen LogP contribution in [0.25, 0.3) is 0 Å². The number of carbonyl (C=O) groups is 2. The zero-order valence-corrected chi connectivity index (χ0v) is 15.1. The lowest BCUT2D eigenvalue weighted by molar-refractivity contribution is 0.0947. The van der Waals surface area contributed by atoms with Gasteiger partial charge < -0.3 is 19.2 Å². The first-order valence-electron chi connectivity index (χ1n) is 7.80. The second-order valence-corrected chi connectivity index (χ2v) is 6.46. The Morgan fingerprint density at radius 1 is 1.08 bits per heavy atom. The molecule has 26 heavy (non-hydrogen) atoms. The molecule has 0 aliphatic carbocycles. The van der Waals surface area contributed by atoms with E-state index in [0.29, 0.717) is 34.2 Å². The van der Waals surface area contributed by atoms with Gasteiger partial charge in [0.05, 0.1) is 37.5 Å². The SMILES string of the molecule is COc1cccc(C(=O)NCc2ccc(C(=O)c3ccco3)s2)c1OC. The van der Waals surface area contributed by atoms with Crippen LogP contribution in [0.15, 0.2) is 53.1 Å². The van der Waals surface area contributed by atoms with Crippen LogP contribution in [0.3, 0.4) is 0 Å². The van der Waals surface area contributed by atoms with Crippen molar-refractivity contribution < 1.29 is 23.5 Å². The fourth-order valence-corrected chi connectivity index (χ4v) is 3.34. The van der Waals surface area contributed by atoms with E-state index in [2.05, 4.69) is 5.32 Å². The Bertz CT molecular complexity index is 914.